The Labute approximate surface area is 92.1 Å². The van der Waals surface area contributed by atoms with Gasteiger partial charge in [0.1, 0.15) is 11.9 Å². The van der Waals surface area contributed by atoms with E-state index in [9.17, 15) is 0 Å². The number of ether oxygens (including phenoxy) is 1. The van der Waals surface area contributed by atoms with Gasteiger partial charge >= 0.3 is 0 Å². The zero-order valence-corrected chi connectivity index (χ0v) is 9.09. The van der Waals surface area contributed by atoms with Crippen molar-refractivity contribution in [2.24, 2.45) is 0 Å². The van der Waals surface area contributed by atoms with Crippen LogP contribution in [0.15, 0.2) is 23.7 Å². The third-order valence-corrected chi connectivity index (χ3v) is 3.41. The van der Waals surface area contributed by atoms with Crippen LogP contribution in [-0.2, 0) is 0 Å². The summed E-state index contributed by atoms with van der Waals surface area (Å²) in [5.74, 6) is 0.959. The number of hydrogen-bond acceptors (Lipinski definition) is 4. The van der Waals surface area contributed by atoms with Crippen LogP contribution in [0.2, 0.25) is 0 Å². The Hall–Kier alpha value is -1.13. The maximum absolute atomic E-state index is 5.87. The van der Waals surface area contributed by atoms with Gasteiger partial charge in [-0.05, 0) is 31.2 Å². The normalized spacial score (nSPS) is 20.9. The Kier molecular flexibility index (Phi) is 2.31. The van der Waals surface area contributed by atoms with Gasteiger partial charge in [-0.25, -0.2) is 4.98 Å². The molecule has 0 aliphatic carbocycles. The van der Waals surface area contributed by atoms with Crippen LogP contribution in [0.3, 0.4) is 0 Å². The minimum Gasteiger partial charge on any atom is -0.489 e. The van der Waals surface area contributed by atoms with Crippen molar-refractivity contribution >= 4 is 21.6 Å². The summed E-state index contributed by atoms with van der Waals surface area (Å²) in [7, 11) is 0. The molecule has 1 aromatic carbocycles. The third kappa shape index (κ3) is 1.82. The molecule has 0 amide bonds. The fourth-order valence-electron chi connectivity index (χ4n) is 1.83. The molecule has 0 radical (unpaired) electrons. The van der Waals surface area contributed by atoms with Crippen molar-refractivity contribution in [1.29, 1.82) is 0 Å². The number of thiazole rings is 1. The molecule has 1 aliphatic heterocycles. The second kappa shape index (κ2) is 3.79. The van der Waals surface area contributed by atoms with E-state index >= 15 is 0 Å². The van der Waals surface area contributed by atoms with Gasteiger partial charge < -0.3 is 10.1 Å². The van der Waals surface area contributed by atoms with E-state index < -0.39 is 0 Å². The van der Waals surface area contributed by atoms with Crippen LogP contribution in [0.1, 0.15) is 6.42 Å². The van der Waals surface area contributed by atoms with Gasteiger partial charge in [0, 0.05) is 6.54 Å². The maximum Gasteiger partial charge on any atom is 0.121 e. The summed E-state index contributed by atoms with van der Waals surface area (Å²) in [5, 5.41) is 3.29. The molecular weight excluding hydrogens is 208 g/mol. The van der Waals surface area contributed by atoms with E-state index in [0.717, 1.165) is 30.8 Å². The molecule has 1 aromatic heterocycles. The number of benzene rings is 1. The van der Waals surface area contributed by atoms with Crippen LogP contribution in [-0.4, -0.2) is 24.2 Å². The molecule has 2 heterocycles. The first-order valence-electron chi connectivity index (χ1n) is 5.12. The van der Waals surface area contributed by atoms with Crippen molar-refractivity contribution in [3.63, 3.8) is 0 Å². The topological polar surface area (TPSA) is 34.1 Å². The zero-order valence-electron chi connectivity index (χ0n) is 8.27. The molecule has 1 aliphatic rings. The molecule has 0 saturated carbocycles. The number of fused-ring (bicyclic) bond motifs is 1. The lowest BCUT2D eigenvalue weighted by molar-refractivity contribution is 0.223. The molecule has 0 bridgehead atoms. The molecule has 4 heteroatoms. The summed E-state index contributed by atoms with van der Waals surface area (Å²) in [5.41, 5.74) is 2.92. The molecule has 3 rings (SSSR count). The Morgan fingerprint density at radius 3 is 3.33 bits per heavy atom. The standard InChI is InChI=1S/C11H12N2OS/c1-2-10-11(15-7-13-10)5-8(1)14-9-3-4-12-6-9/h1-2,5,7,9,12H,3-4,6H2. The predicted molar refractivity (Wildman–Crippen MR) is 61.5 cm³/mol. The van der Waals surface area contributed by atoms with E-state index in [1.165, 1.54) is 4.70 Å². The van der Waals surface area contributed by atoms with Gasteiger partial charge in [0.25, 0.3) is 0 Å². The lowest BCUT2D eigenvalue weighted by atomic mass is 10.3. The van der Waals surface area contributed by atoms with Crippen molar-refractivity contribution < 1.29 is 4.74 Å². The van der Waals surface area contributed by atoms with Crippen LogP contribution < -0.4 is 10.1 Å². The van der Waals surface area contributed by atoms with Crippen LogP contribution >= 0.6 is 11.3 Å². The van der Waals surface area contributed by atoms with Gasteiger partial charge in [0.15, 0.2) is 0 Å². The smallest absolute Gasteiger partial charge is 0.121 e. The van der Waals surface area contributed by atoms with Crippen molar-refractivity contribution in [2.45, 2.75) is 12.5 Å². The average Bonchev–Trinajstić information content (AvgIpc) is 2.87. The highest BCUT2D eigenvalue weighted by Crippen LogP contribution is 2.24. The van der Waals surface area contributed by atoms with E-state index in [1.807, 2.05) is 17.6 Å². The first-order valence-corrected chi connectivity index (χ1v) is 6.00. The molecule has 78 valence electrons. The summed E-state index contributed by atoms with van der Waals surface area (Å²) < 4.78 is 7.06. The van der Waals surface area contributed by atoms with E-state index in [1.54, 1.807) is 11.3 Å². The van der Waals surface area contributed by atoms with E-state index in [2.05, 4.69) is 16.4 Å². The lowest BCUT2D eigenvalue weighted by Gasteiger charge is -2.11. The van der Waals surface area contributed by atoms with Crippen LogP contribution in [0.25, 0.3) is 10.2 Å². The molecule has 1 unspecified atom stereocenters. The minimum absolute atomic E-state index is 0.329. The lowest BCUT2D eigenvalue weighted by Crippen LogP contribution is -2.19. The van der Waals surface area contributed by atoms with Crippen molar-refractivity contribution in [2.75, 3.05) is 13.1 Å². The quantitative estimate of drug-likeness (QED) is 0.841. The second-order valence-electron chi connectivity index (χ2n) is 3.71. The van der Waals surface area contributed by atoms with Crippen molar-refractivity contribution in [3.05, 3.63) is 23.7 Å². The van der Waals surface area contributed by atoms with Gasteiger partial charge in [0.05, 0.1) is 15.7 Å². The Morgan fingerprint density at radius 1 is 1.47 bits per heavy atom. The molecule has 15 heavy (non-hydrogen) atoms. The molecule has 3 nitrogen and oxygen atoms in total. The second-order valence-corrected chi connectivity index (χ2v) is 4.60. The summed E-state index contributed by atoms with van der Waals surface area (Å²) in [6.07, 6.45) is 1.43. The molecule has 1 atom stereocenters. The maximum atomic E-state index is 5.87. The van der Waals surface area contributed by atoms with Crippen LogP contribution in [0.5, 0.6) is 5.75 Å². The van der Waals surface area contributed by atoms with Crippen molar-refractivity contribution in [3.8, 4) is 5.75 Å². The fraction of sp³-hybridized carbons (Fsp3) is 0.364. The monoisotopic (exact) mass is 220 g/mol. The summed E-state index contributed by atoms with van der Waals surface area (Å²) in [6.45, 7) is 2.02. The van der Waals surface area contributed by atoms with Gasteiger partial charge in [-0.1, -0.05) is 0 Å². The van der Waals surface area contributed by atoms with Gasteiger partial charge in [-0.3, -0.25) is 0 Å². The zero-order chi connectivity index (χ0) is 10.1. The SMILES string of the molecule is c1nc2ccc(OC3CCNC3)cc2s1. The third-order valence-electron chi connectivity index (χ3n) is 2.62. The highest BCUT2D eigenvalue weighted by atomic mass is 32.1. The molecule has 2 aromatic rings. The number of nitrogens with zero attached hydrogens (tertiary/aromatic N) is 1. The molecule has 0 spiro atoms. The molecule has 1 saturated heterocycles. The molecule has 1 N–H and O–H groups in total. The van der Waals surface area contributed by atoms with Gasteiger partial charge in [0.2, 0.25) is 0 Å². The van der Waals surface area contributed by atoms with Gasteiger partial charge in [-0.2, -0.15) is 0 Å². The Balaban J connectivity index is 1.84. The predicted octanol–water partition coefficient (Wildman–Crippen LogP) is 2.04. The summed E-state index contributed by atoms with van der Waals surface area (Å²) in [6, 6.07) is 6.09. The molecular formula is C11H12N2OS. The Bertz CT molecular complexity index is 462. The highest BCUT2D eigenvalue weighted by molar-refractivity contribution is 7.16. The number of nitrogens with one attached hydrogen (secondary N) is 1. The number of hydrogen-bond donors (Lipinski definition) is 1. The van der Waals surface area contributed by atoms with Gasteiger partial charge in [-0.15, -0.1) is 11.3 Å². The number of aromatic nitrogens is 1. The first-order chi connectivity index (χ1) is 7.42. The van der Waals surface area contributed by atoms with E-state index in [-0.39, 0.29) is 0 Å². The summed E-state index contributed by atoms with van der Waals surface area (Å²) in [4.78, 5) is 4.24. The van der Waals surface area contributed by atoms with Crippen LogP contribution in [0.4, 0.5) is 0 Å². The van der Waals surface area contributed by atoms with Crippen molar-refractivity contribution in [1.82, 2.24) is 10.3 Å². The summed E-state index contributed by atoms with van der Waals surface area (Å²) >= 11 is 1.65. The number of rotatable bonds is 2. The largest absolute Gasteiger partial charge is 0.489 e. The Morgan fingerprint density at radius 2 is 2.47 bits per heavy atom. The first kappa shape index (κ1) is 9.12. The highest BCUT2D eigenvalue weighted by Gasteiger charge is 2.15. The van der Waals surface area contributed by atoms with Crippen LogP contribution in [0, 0.1) is 0 Å². The average molecular weight is 220 g/mol. The fourth-order valence-corrected chi connectivity index (χ4v) is 2.54. The van der Waals surface area contributed by atoms with E-state index in [0.29, 0.717) is 6.10 Å². The molecule has 1 fully saturated rings. The van der Waals surface area contributed by atoms with E-state index in [4.69, 9.17) is 4.74 Å². The minimum atomic E-state index is 0.329.